The van der Waals surface area contributed by atoms with Gasteiger partial charge in [0.05, 0.1) is 0 Å². The summed E-state index contributed by atoms with van der Waals surface area (Å²) >= 11 is 8.05. The van der Waals surface area contributed by atoms with Crippen molar-refractivity contribution in [1.29, 1.82) is 0 Å². The van der Waals surface area contributed by atoms with Gasteiger partial charge >= 0.3 is 0 Å². The molecule has 2 aromatic rings. The molecule has 7 heteroatoms. The van der Waals surface area contributed by atoms with E-state index < -0.39 is 0 Å². The van der Waals surface area contributed by atoms with Gasteiger partial charge in [-0.05, 0) is 84.9 Å². The molecule has 0 aliphatic rings. The van der Waals surface area contributed by atoms with Crippen molar-refractivity contribution in [2.45, 2.75) is 33.4 Å². The molecule has 0 fully saturated rings. The van der Waals surface area contributed by atoms with Crippen molar-refractivity contribution in [3.63, 3.8) is 0 Å². The number of benzene rings is 2. The topological polar surface area (TPSA) is 34.1 Å². The van der Waals surface area contributed by atoms with Gasteiger partial charge in [-0.15, -0.1) is 23.5 Å². The minimum atomic E-state index is 0.0155. The first kappa shape index (κ1) is 26.3. The molecule has 0 unspecified atom stereocenters. The van der Waals surface area contributed by atoms with Crippen molar-refractivity contribution in [1.82, 2.24) is 0 Å². The Labute approximate surface area is 206 Å². The predicted octanol–water partition coefficient (Wildman–Crippen LogP) is 7.69. The summed E-state index contributed by atoms with van der Waals surface area (Å²) in [6.45, 7) is 10.9. The van der Waals surface area contributed by atoms with E-state index in [0.29, 0.717) is 11.1 Å². The normalized spacial score (nSPS) is 10.6. The lowest BCUT2D eigenvalue weighted by Crippen LogP contribution is -1.92. The summed E-state index contributed by atoms with van der Waals surface area (Å²) in [4.78, 5) is 27.9. The third-order valence-corrected chi connectivity index (χ3v) is 9.26. The van der Waals surface area contributed by atoms with Crippen molar-refractivity contribution in [3.05, 3.63) is 72.8 Å². The Hall–Kier alpha value is -0.990. The zero-order valence-electron chi connectivity index (χ0n) is 17.7. The molecule has 2 nitrogen and oxygen atoms in total. The highest BCUT2D eigenvalue weighted by molar-refractivity contribution is 8.14. The molecule has 0 saturated carbocycles. The first-order chi connectivity index (χ1) is 14.8. The predicted molar refractivity (Wildman–Crippen MR) is 143 cm³/mol. The summed E-state index contributed by atoms with van der Waals surface area (Å²) in [7, 11) is 0. The van der Waals surface area contributed by atoms with Gasteiger partial charge in [-0.3, -0.25) is 9.59 Å². The molecule has 2 aromatic carbocycles. The Morgan fingerprint density at radius 2 is 1.06 bits per heavy atom. The summed E-state index contributed by atoms with van der Waals surface area (Å²) in [6.07, 6.45) is 0. The maximum absolute atomic E-state index is 11.8. The number of hydrogen-bond acceptors (Lipinski definition) is 7. The molecule has 0 bridgehead atoms. The Bertz CT molecular complexity index is 864. The van der Waals surface area contributed by atoms with E-state index in [2.05, 4.69) is 37.4 Å². The van der Waals surface area contributed by atoms with E-state index in [9.17, 15) is 9.59 Å². The average molecular weight is 507 g/mol. The van der Waals surface area contributed by atoms with E-state index in [-0.39, 0.29) is 10.2 Å². The fraction of sp³-hybridized carbons (Fsp3) is 0.250. The van der Waals surface area contributed by atoms with E-state index >= 15 is 0 Å². The monoisotopic (exact) mass is 506 g/mol. The molecule has 0 spiro atoms. The largest absolute Gasteiger partial charge is 0.282 e. The standard InChI is InChI=1S/C24H26O2S5/c1-17(2)23(25)30-21-9-5-7-19(15-21)28-13-11-27-12-14-29-20-8-6-10-22(16-20)31-24(26)18(3)4/h5-10,15-16H,1,3,11-14H2,2,4H3. The van der Waals surface area contributed by atoms with Crippen LogP contribution in [0.4, 0.5) is 0 Å². The summed E-state index contributed by atoms with van der Waals surface area (Å²) in [5, 5.41) is 0.0310. The molecule has 0 aliphatic heterocycles. The highest BCUT2D eigenvalue weighted by Crippen LogP contribution is 2.29. The van der Waals surface area contributed by atoms with Crippen molar-refractivity contribution < 1.29 is 9.59 Å². The van der Waals surface area contributed by atoms with Crippen LogP contribution in [0, 0.1) is 0 Å². The summed E-state index contributed by atoms with van der Waals surface area (Å²) in [6, 6.07) is 16.2. The number of carbonyl (C=O) groups excluding carboxylic acids is 2. The van der Waals surface area contributed by atoms with Gasteiger partial charge in [-0.2, -0.15) is 11.8 Å². The van der Waals surface area contributed by atoms with Crippen molar-refractivity contribution in [3.8, 4) is 0 Å². The van der Waals surface area contributed by atoms with E-state index in [4.69, 9.17) is 0 Å². The van der Waals surface area contributed by atoms with Crippen LogP contribution < -0.4 is 0 Å². The molecule has 0 amide bonds. The van der Waals surface area contributed by atoms with Gasteiger partial charge in [0.1, 0.15) is 0 Å². The lowest BCUT2D eigenvalue weighted by molar-refractivity contribution is -0.108. The third kappa shape index (κ3) is 10.4. The van der Waals surface area contributed by atoms with Crippen LogP contribution in [0.1, 0.15) is 13.8 Å². The summed E-state index contributed by atoms with van der Waals surface area (Å²) in [5.74, 6) is 4.23. The van der Waals surface area contributed by atoms with Gasteiger partial charge in [-0.1, -0.05) is 25.3 Å². The zero-order valence-corrected chi connectivity index (χ0v) is 21.8. The molecule has 0 aromatic heterocycles. The Morgan fingerprint density at radius 1 is 0.677 bits per heavy atom. The second kappa shape index (κ2) is 14.2. The molecule has 0 radical (unpaired) electrons. The van der Waals surface area contributed by atoms with Crippen LogP contribution in [-0.4, -0.2) is 33.2 Å². The number of carbonyl (C=O) groups is 2. The molecule has 0 saturated heterocycles. The van der Waals surface area contributed by atoms with Crippen LogP contribution in [0.15, 0.2) is 92.4 Å². The molecule has 0 atom stereocenters. The van der Waals surface area contributed by atoms with Crippen molar-refractivity contribution >= 4 is 69.0 Å². The maximum atomic E-state index is 11.8. The first-order valence-electron chi connectivity index (χ1n) is 9.64. The van der Waals surface area contributed by atoms with Gasteiger partial charge in [0.15, 0.2) is 0 Å². The molecule has 31 heavy (non-hydrogen) atoms. The van der Waals surface area contributed by atoms with Gasteiger partial charge in [0.2, 0.25) is 10.2 Å². The molecule has 2 rings (SSSR count). The molecular weight excluding hydrogens is 481 g/mol. The minimum Gasteiger partial charge on any atom is -0.282 e. The summed E-state index contributed by atoms with van der Waals surface area (Å²) < 4.78 is 0. The van der Waals surface area contributed by atoms with Crippen LogP contribution >= 0.6 is 58.8 Å². The minimum absolute atomic E-state index is 0.0155. The van der Waals surface area contributed by atoms with Crippen molar-refractivity contribution in [2.75, 3.05) is 23.0 Å². The van der Waals surface area contributed by atoms with Crippen LogP contribution in [0.2, 0.25) is 0 Å². The van der Waals surface area contributed by atoms with Crippen LogP contribution in [0.3, 0.4) is 0 Å². The van der Waals surface area contributed by atoms with Gasteiger partial charge < -0.3 is 0 Å². The van der Waals surface area contributed by atoms with Crippen LogP contribution in [-0.2, 0) is 9.59 Å². The smallest absolute Gasteiger partial charge is 0.219 e. The molecule has 0 heterocycles. The highest BCUT2D eigenvalue weighted by Gasteiger charge is 2.07. The summed E-state index contributed by atoms with van der Waals surface area (Å²) in [5.41, 5.74) is 1.14. The zero-order chi connectivity index (χ0) is 22.6. The van der Waals surface area contributed by atoms with E-state index in [1.807, 2.05) is 59.6 Å². The Kier molecular flexibility index (Phi) is 12.0. The van der Waals surface area contributed by atoms with Gasteiger partial charge in [0.25, 0.3) is 0 Å². The molecule has 0 aliphatic carbocycles. The fourth-order valence-corrected chi connectivity index (χ4v) is 6.83. The SMILES string of the molecule is C=C(C)C(=O)Sc1cccc(SCCSCCSc2cccc(SC(=O)C(=C)C)c2)c1. The lowest BCUT2D eigenvalue weighted by atomic mass is 10.4. The van der Waals surface area contributed by atoms with Crippen molar-refractivity contribution in [2.24, 2.45) is 0 Å². The van der Waals surface area contributed by atoms with E-state index in [1.54, 1.807) is 13.8 Å². The molecule has 0 N–H and O–H groups in total. The van der Waals surface area contributed by atoms with Gasteiger partial charge in [0, 0.05) is 42.6 Å². The fourth-order valence-electron chi connectivity index (χ4n) is 2.18. The van der Waals surface area contributed by atoms with E-state index in [0.717, 1.165) is 32.8 Å². The van der Waals surface area contributed by atoms with Crippen LogP contribution in [0.25, 0.3) is 0 Å². The first-order valence-corrected chi connectivity index (χ1v) is 14.4. The second-order valence-electron chi connectivity index (χ2n) is 6.60. The molecule has 164 valence electrons. The lowest BCUT2D eigenvalue weighted by Gasteiger charge is -2.06. The highest BCUT2D eigenvalue weighted by atomic mass is 32.2. The Morgan fingerprint density at radius 3 is 1.45 bits per heavy atom. The third-order valence-electron chi connectivity index (χ3n) is 3.72. The van der Waals surface area contributed by atoms with Gasteiger partial charge in [-0.25, -0.2) is 0 Å². The number of rotatable bonds is 12. The van der Waals surface area contributed by atoms with Crippen LogP contribution in [0.5, 0.6) is 0 Å². The van der Waals surface area contributed by atoms with E-state index in [1.165, 1.54) is 33.3 Å². The number of thioether (sulfide) groups is 5. The Balaban J connectivity index is 1.65. The average Bonchev–Trinajstić information content (AvgIpc) is 2.73. The number of hydrogen-bond donors (Lipinski definition) is 0. The maximum Gasteiger partial charge on any atom is 0.219 e. The second-order valence-corrected chi connectivity index (χ2v) is 12.3. The quantitative estimate of drug-likeness (QED) is 0.166. The molecular formula is C24H26O2S5.